The van der Waals surface area contributed by atoms with E-state index in [1.807, 2.05) is 0 Å². The Morgan fingerprint density at radius 2 is 2.00 bits per heavy atom. The van der Waals surface area contributed by atoms with Gasteiger partial charge >= 0.3 is 0 Å². The second kappa shape index (κ2) is 6.74. The maximum Gasteiger partial charge on any atom is 0.251 e. The van der Waals surface area contributed by atoms with E-state index in [4.69, 9.17) is 0 Å². The summed E-state index contributed by atoms with van der Waals surface area (Å²) in [6.45, 7) is 4.80. The van der Waals surface area contributed by atoms with Crippen LogP contribution in [0.1, 0.15) is 30.6 Å². The predicted molar refractivity (Wildman–Crippen MR) is 81.5 cm³/mol. The van der Waals surface area contributed by atoms with E-state index >= 15 is 0 Å². The summed E-state index contributed by atoms with van der Waals surface area (Å²) in [5.74, 6) is 0.340. The number of carbonyl (C=O) groups excluding carboxylic acids is 1. The number of sulfonamides is 1. The first kappa shape index (κ1) is 16.5. The highest BCUT2D eigenvalue weighted by molar-refractivity contribution is 7.92. The zero-order chi connectivity index (χ0) is 15.3. The topological polar surface area (TPSA) is 66.5 Å². The molecule has 0 radical (unpaired) electrons. The summed E-state index contributed by atoms with van der Waals surface area (Å²) in [4.78, 5) is 12.0. The van der Waals surface area contributed by atoms with Crippen LogP contribution in [-0.4, -0.2) is 34.2 Å². The van der Waals surface area contributed by atoms with Crippen molar-refractivity contribution in [2.24, 2.45) is 5.92 Å². The average Bonchev–Trinajstić information content (AvgIpc) is 2.36. The molecule has 0 aliphatic rings. The SMILES string of the molecule is CC(C)CCNC(=O)c1cccc(N(C)S(C)(=O)=O)c1. The van der Waals surface area contributed by atoms with Gasteiger partial charge in [-0.3, -0.25) is 9.10 Å². The standard InChI is InChI=1S/C14H22N2O3S/c1-11(2)8-9-15-14(17)12-6-5-7-13(10-12)16(3)20(4,18)19/h5-7,10-11H,8-9H2,1-4H3,(H,15,17). The number of nitrogens with zero attached hydrogens (tertiary/aromatic N) is 1. The number of hydrogen-bond donors (Lipinski definition) is 1. The molecule has 1 amide bonds. The molecule has 0 spiro atoms. The Morgan fingerprint density at radius 1 is 1.35 bits per heavy atom. The molecule has 1 rings (SSSR count). The molecule has 5 nitrogen and oxygen atoms in total. The van der Waals surface area contributed by atoms with Crippen LogP contribution in [0.5, 0.6) is 0 Å². The fourth-order valence-corrected chi connectivity index (χ4v) is 2.11. The molecule has 1 aromatic rings. The monoisotopic (exact) mass is 298 g/mol. The van der Waals surface area contributed by atoms with Gasteiger partial charge in [0.05, 0.1) is 11.9 Å². The van der Waals surface area contributed by atoms with E-state index in [-0.39, 0.29) is 5.91 Å². The van der Waals surface area contributed by atoms with Crippen LogP contribution in [0.2, 0.25) is 0 Å². The van der Waals surface area contributed by atoms with Gasteiger partial charge in [-0.1, -0.05) is 19.9 Å². The van der Waals surface area contributed by atoms with Crippen molar-refractivity contribution >= 4 is 21.6 Å². The maximum absolute atomic E-state index is 12.0. The summed E-state index contributed by atoms with van der Waals surface area (Å²) in [6, 6.07) is 6.58. The molecule has 0 bridgehead atoms. The average molecular weight is 298 g/mol. The minimum atomic E-state index is -3.32. The van der Waals surface area contributed by atoms with Crippen LogP contribution in [0.4, 0.5) is 5.69 Å². The lowest BCUT2D eigenvalue weighted by atomic mass is 10.1. The Kier molecular flexibility index (Phi) is 5.56. The van der Waals surface area contributed by atoms with Gasteiger partial charge in [0.15, 0.2) is 0 Å². The van der Waals surface area contributed by atoms with E-state index in [1.54, 1.807) is 24.3 Å². The highest BCUT2D eigenvalue weighted by atomic mass is 32.2. The smallest absolute Gasteiger partial charge is 0.251 e. The molecule has 0 saturated carbocycles. The molecule has 0 fully saturated rings. The molecule has 112 valence electrons. The fraction of sp³-hybridized carbons (Fsp3) is 0.500. The molecule has 0 aromatic heterocycles. The molecular weight excluding hydrogens is 276 g/mol. The van der Waals surface area contributed by atoms with E-state index in [2.05, 4.69) is 19.2 Å². The van der Waals surface area contributed by atoms with Crippen LogP contribution >= 0.6 is 0 Å². The number of hydrogen-bond acceptors (Lipinski definition) is 3. The van der Waals surface area contributed by atoms with Crippen LogP contribution in [0, 0.1) is 5.92 Å². The molecule has 0 heterocycles. The van der Waals surface area contributed by atoms with Crippen molar-refractivity contribution in [2.75, 3.05) is 24.2 Å². The lowest BCUT2D eigenvalue weighted by Crippen LogP contribution is -2.27. The molecule has 0 unspecified atom stereocenters. The third-order valence-corrected chi connectivity index (χ3v) is 4.18. The molecule has 0 atom stereocenters. The van der Waals surface area contributed by atoms with Crippen molar-refractivity contribution in [3.63, 3.8) is 0 Å². The summed E-state index contributed by atoms with van der Waals surface area (Å²) >= 11 is 0. The molecule has 0 aliphatic carbocycles. The molecule has 20 heavy (non-hydrogen) atoms. The summed E-state index contributed by atoms with van der Waals surface area (Å²) in [7, 11) is -1.86. The van der Waals surface area contributed by atoms with Crippen LogP contribution in [-0.2, 0) is 10.0 Å². The summed E-state index contributed by atoms with van der Waals surface area (Å²) < 4.78 is 24.1. The van der Waals surface area contributed by atoms with Crippen molar-refractivity contribution in [2.45, 2.75) is 20.3 Å². The van der Waals surface area contributed by atoms with Crippen LogP contribution in [0.3, 0.4) is 0 Å². The van der Waals surface area contributed by atoms with E-state index in [0.29, 0.717) is 23.7 Å². The third-order valence-electron chi connectivity index (χ3n) is 2.98. The Morgan fingerprint density at radius 3 is 2.55 bits per heavy atom. The van der Waals surface area contributed by atoms with E-state index in [1.165, 1.54) is 7.05 Å². The lowest BCUT2D eigenvalue weighted by molar-refractivity contribution is 0.0952. The van der Waals surface area contributed by atoms with Crippen LogP contribution in [0.25, 0.3) is 0 Å². The van der Waals surface area contributed by atoms with Gasteiger partial charge in [0, 0.05) is 19.2 Å². The van der Waals surface area contributed by atoms with Gasteiger partial charge in [-0.05, 0) is 30.5 Å². The van der Waals surface area contributed by atoms with E-state index < -0.39 is 10.0 Å². The summed E-state index contributed by atoms with van der Waals surface area (Å²) in [5.41, 5.74) is 0.936. The molecular formula is C14H22N2O3S. The fourth-order valence-electron chi connectivity index (χ4n) is 1.61. The quantitative estimate of drug-likeness (QED) is 0.871. The lowest BCUT2D eigenvalue weighted by Gasteiger charge is -2.17. The van der Waals surface area contributed by atoms with Crippen molar-refractivity contribution < 1.29 is 13.2 Å². The first-order valence-electron chi connectivity index (χ1n) is 6.54. The Bertz CT molecular complexity index is 568. The molecule has 0 aliphatic heterocycles. The summed E-state index contributed by atoms with van der Waals surface area (Å²) in [6.07, 6.45) is 2.04. The molecule has 1 aromatic carbocycles. The van der Waals surface area contributed by atoms with Gasteiger partial charge in [0.25, 0.3) is 5.91 Å². The zero-order valence-electron chi connectivity index (χ0n) is 12.4. The zero-order valence-corrected chi connectivity index (χ0v) is 13.2. The van der Waals surface area contributed by atoms with Crippen LogP contribution in [0.15, 0.2) is 24.3 Å². The van der Waals surface area contributed by atoms with E-state index in [0.717, 1.165) is 17.0 Å². The Hall–Kier alpha value is -1.56. The third kappa shape index (κ3) is 4.85. The number of carbonyl (C=O) groups is 1. The first-order valence-corrected chi connectivity index (χ1v) is 8.39. The number of amides is 1. The minimum Gasteiger partial charge on any atom is -0.352 e. The molecule has 6 heteroatoms. The Balaban J connectivity index is 2.80. The van der Waals surface area contributed by atoms with Gasteiger partial charge in [-0.25, -0.2) is 8.42 Å². The molecule has 1 N–H and O–H groups in total. The highest BCUT2D eigenvalue weighted by Crippen LogP contribution is 2.17. The van der Waals surface area contributed by atoms with Crippen LogP contribution < -0.4 is 9.62 Å². The van der Waals surface area contributed by atoms with Gasteiger partial charge in [0.1, 0.15) is 0 Å². The van der Waals surface area contributed by atoms with Crippen molar-refractivity contribution in [1.29, 1.82) is 0 Å². The normalized spacial score (nSPS) is 11.4. The van der Waals surface area contributed by atoms with Crippen molar-refractivity contribution in [1.82, 2.24) is 5.32 Å². The highest BCUT2D eigenvalue weighted by Gasteiger charge is 2.13. The maximum atomic E-state index is 12.0. The van der Waals surface area contributed by atoms with Gasteiger partial charge in [0.2, 0.25) is 10.0 Å². The Labute approximate surface area is 121 Å². The number of rotatable bonds is 6. The second-order valence-corrected chi connectivity index (χ2v) is 7.23. The minimum absolute atomic E-state index is 0.186. The van der Waals surface area contributed by atoms with Crippen molar-refractivity contribution in [3.05, 3.63) is 29.8 Å². The van der Waals surface area contributed by atoms with Gasteiger partial charge in [-0.2, -0.15) is 0 Å². The number of nitrogens with one attached hydrogen (secondary N) is 1. The largest absolute Gasteiger partial charge is 0.352 e. The van der Waals surface area contributed by atoms with Gasteiger partial charge in [-0.15, -0.1) is 0 Å². The first-order chi connectivity index (χ1) is 9.21. The van der Waals surface area contributed by atoms with E-state index in [9.17, 15) is 13.2 Å². The van der Waals surface area contributed by atoms with Crippen molar-refractivity contribution in [3.8, 4) is 0 Å². The van der Waals surface area contributed by atoms with Gasteiger partial charge < -0.3 is 5.32 Å². The number of anilines is 1. The predicted octanol–water partition coefficient (Wildman–Crippen LogP) is 1.86. The molecule has 0 saturated heterocycles. The summed E-state index contributed by atoms with van der Waals surface area (Å²) in [5, 5.41) is 2.83. The second-order valence-electron chi connectivity index (χ2n) is 5.22. The number of benzene rings is 1.